The summed E-state index contributed by atoms with van der Waals surface area (Å²) in [4.78, 5) is 11.3. The van der Waals surface area contributed by atoms with Crippen LogP contribution in [0.25, 0.3) is 0 Å². The maximum absolute atomic E-state index is 11.5. The van der Waals surface area contributed by atoms with Gasteiger partial charge in [0.15, 0.2) is 0 Å². The molecule has 0 saturated carbocycles. The molecule has 0 atom stereocenters. The predicted molar refractivity (Wildman–Crippen MR) is 56.9 cm³/mol. The van der Waals surface area contributed by atoms with Gasteiger partial charge >= 0.3 is 13.6 Å². The van der Waals surface area contributed by atoms with E-state index in [1.165, 1.54) is 14.2 Å². The van der Waals surface area contributed by atoms with E-state index in [9.17, 15) is 9.36 Å². The second kappa shape index (κ2) is 5.64. The molecule has 90 valence electrons. The Bertz CT molecular complexity index is 248. The lowest BCUT2D eigenvalue weighted by Gasteiger charge is -2.18. The molecule has 0 aliphatic rings. The van der Waals surface area contributed by atoms with Gasteiger partial charge in [-0.05, 0) is 20.8 Å². The van der Waals surface area contributed by atoms with Gasteiger partial charge in [-0.15, -0.1) is 0 Å². The second-order valence-corrected chi connectivity index (χ2v) is 6.48. The van der Waals surface area contributed by atoms with Crippen molar-refractivity contribution in [1.29, 1.82) is 0 Å². The molecule has 0 spiro atoms. The molecule has 5 nitrogen and oxygen atoms in total. The normalized spacial score (nSPS) is 12.6. The molecule has 0 aliphatic heterocycles. The van der Waals surface area contributed by atoms with Crippen LogP contribution in [0, 0.1) is 5.41 Å². The van der Waals surface area contributed by atoms with Gasteiger partial charge < -0.3 is 13.8 Å². The highest BCUT2D eigenvalue weighted by Gasteiger charge is 2.25. The first kappa shape index (κ1) is 14.6. The summed E-state index contributed by atoms with van der Waals surface area (Å²) in [5.74, 6) is -0.332. The lowest BCUT2D eigenvalue weighted by molar-refractivity contribution is -0.152. The Labute approximate surface area is 90.6 Å². The van der Waals surface area contributed by atoms with Crippen molar-refractivity contribution in [3.05, 3.63) is 0 Å². The van der Waals surface area contributed by atoms with Crippen molar-refractivity contribution in [3.63, 3.8) is 0 Å². The van der Waals surface area contributed by atoms with Crippen LogP contribution in [0.15, 0.2) is 0 Å². The van der Waals surface area contributed by atoms with Gasteiger partial charge in [0.25, 0.3) is 0 Å². The average Bonchev–Trinajstić information content (AvgIpc) is 2.16. The van der Waals surface area contributed by atoms with Gasteiger partial charge in [-0.2, -0.15) is 0 Å². The van der Waals surface area contributed by atoms with E-state index >= 15 is 0 Å². The molecule has 0 aliphatic carbocycles. The van der Waals surface area contributed by atoms with Crippen LogP contribution in [-0.2, 0) is 23.1 Å². The summed E-state index contributed by atoms with van der Waals surface area (Å²) in [6.07, 6.45) is 0.0713. The fourth-order valence-electron chi connectivity index (χ4n) is 0.724. The van der Waals surface area contributed by atoms with E-state index < -0.39 is 13.0 Å². The quantitative estimate of drug-likeness (QED) is 0.542. The Morgan fingerprint density at radius 1 is 1.20 bits per heavy atom. The molecular formula is C9H19O5P. The largest absolute Gasteiger partial charge is 0.465 e. The molecule has 0 amide bonds. The van der Waals surface area contributed by atoms with E-state index in [-0.39, 0.29) is 18.7 Å². The third-order valence-corrected chi connectivity index (χ3v) is 3.61. The Morgan fingerprint density at radius 2 is 1.67 bits per heavy atom. The number of esters is 1. The van der Waals surface area contributed by atoms with E-state index in [4.69, 9.17) is 13.8 Å². The van der Waals surface area contributed by atoms with E-state index in [0.717, 1.165) is 0 Å². The molecule has 0 heterocycles. The van der Waals surface area contributed by atoms with Crippen molar-refractivity contribution < 1.29 is 23.1 Å². The van der Waals surface area contributed by atoms with Crippen molar-refractivity contribution in [2.24, 2.45) is 5.41 Å². The van der Waals surface area contributed by atoms with Gasteiger partial charge in [-0.25, -0.2) is 0 Å². The first-order valence-electron chi connectivity index (χ1n) is 4.63. The zero-order valence-electron chi connectivity index (χ0n) is 9.90. The molecule has 6 heteroatoms. The maximum Gasteiger partial charge on any atom is 0.333 e. The van der Waals surface area contributed by atoms with Crippen LogP contribution in [0.2, 0.25) is 0 Å². The number of carbonyl (C=O) groups is 1. The minimum atomic E-state index is -3.07. The van der Waals surface area contributed by atoms with Crippen LogP contribution in [0.1, 0.15) is 20.8 Å². The fraction of sp³-hybridized carbons (Fsp3) is 0.889. The highest BCUT2D eigenvalue weighted by Crippen LogP contribution is 2.45. The van der Waals surface area contributed by atoms with Gasteiger partial charge in [-0.1, -0.05) is 0 Å². The molecule has 0 N–H and O–H groups in total. The number of rotatable bonds is 5. The van der Waals surface area contributed by atoms with Crippen LogP contribution in [0.4, 0.5) is 0 Å². The third-order valence-electron chi connectivity index (χ3n) is 1.77. The molecule has 15 heavy (non-hydrogen) atoms. The van der Waals surface area contributed by atoms with Gasteiger partial charge in [-0.3, -0.25) is 9.36 Å². The van der Waals surface area contributed by atoms with Gasteiger partial charge in [0.2, 0.25) is 0 Å². The molecule has 0 unspecified atom stereocenters. The van der Waals surface area contributed by atoms with Crippen LogP contribution in [0.3, 0.4) is 0 Å². The van der Waals surface area contributed by atoms with E-state index in [1.54, 1.807) is 20.8 Å². The van der Waals surface area contributed by atoms with Crippen molar-refractivity contribution in [2.45, 2.75) is 20.8 Å². The van der Waals surface area contributed by atoms with Crippen molar-refractivity contribution in [2.75, 3.05) is 27.0 Å². The summed E-state index contributed by atoms with van der Waals surface area (Å²) < 4.78 is 25.9. The summed E-state index contributed by atoms with van der Waals surface area (Å²) in [5, 5.41) is 0. The minimum absolute atomic E-state index is 0.0368. The van der Waals surface area contributed by atoms with Gasteiger partial charge in [0.1, 0.15) is 6.61 Å². The van der Waals surface area contributed by atoms with Crippen LogP contribution < -0.4 is 0 Å². The molecule has 0 radical (unpaired) electrons. The van der Waals surface area contributed by atoms with Gasteiger partial charge in [0.05, 0.1) is 11.6 Å². The monoisotopic (exact) mass is 238 g/mol. The summed E-state index contributed by atoms with van der Waals surface area (Å²) in [6, 6.07) is 0. The highest BCUT2D eigenvalue weighted by molar-refractivity contribution is 7.53. The van der Waals surface area contributed by atoms with Crippen LogP contribution >= 0.6 is 7.60 Å². The lowest BCUT2D eigenvalue weighted by Crippen LogP contribution is -2.24. The molecule has 0 aromatic rings. The third kappa shape index (κ3) is 5.30. The predicted octanol–water partition coefficient (Wildman–Crippen LogP) is 2.06. The van der Waals surface area contributed by atoms with E-state index in [2.05, 4.69) is 0 Å². The van der Waals surface area contributed by atoms with Crippen molar-refractivity contribution in [1.82, 2.24) is 0 Å². The molecular weight excluding hydrogens is 219 g/mol. The zero-order valence-corrected chi connectivity index (χ0v) is 10.8. The van der Waals surface area contributed by atoms with Crippen molar-refractivity contribution >= 4 is 13.6 Å². The summed E-state index contributed by atoms with van der Waals surface area (Å²) in [7, 11) is -0.464. The molecule has 0 aromatic carbocycles. The first-order valence-corrected chi connectivity index (χ1v) is 6.36. The smallest absolute Gasteiger partial charge is 0.333 e. The summed E-state index contributed by atoms with van der Waals surface area (Å²) in [5.41, 5.74) is -0.551. The summed E-state index contributed by atoms with van der Waals surface area (Å²) in [6.45, 7) is 5.29. The van der Waals surface area contributed by atoms with E-state index in [1.807, 2.05) is 0 Å². The van der Waals surface area contributed by atoms with Crippen molar-refractivity contribution in [3.8, 4) is 0 Å². The zero-order chi connectivity index (χ0) is 12.1. The topological polar surface area (TPSA) is 61.8 Å². The molecule has 0 aromatic heterocycles. The Hall–Kier alpha value is -0.380. The highest BCUT2D eigenvalue weighted by atomic mass is 31.2. The van der Waals surface area contributed by atoms with Gasteiger partial charge in [0, 0.05) is 14.2 Å². The number of ether oxygens (including phenoxy) is 1. The van der Waals surface area contributed by atoms with E-state index in [0.29, 0.717) is 0 Å². The Balaban J connectivity index is 4.00. The number of hydrogen-bond acceptors (Lipinski definition) is 5. The number of carbonyl (C=O) groups excluding carboxylic acids is 1. The molecule has 0 bridgehead atoms. The summed E-state index contributed by atoms with van der Waals surface area (Å²) >= 11 is 0. The SMILES string of the molecule is COP(=O)(CCOC(=O)C(C)(C)C)OC. The minimum Gasteiger partial charge on any atom is -0.465 e. The standard InChI is InChI=1S/C9H19O5P/c1-9(2,3)8(10)14-6-7-15(11,12-4)13-5/h6-7H2,1-5H3. The maximum atomic E-state index is 11.5. The first-order chi connectivity index (χ1) is 6.75. The molecule has 0 fully saturated rings. The second-order valence-electron chi connectivity index (χ2n) is 4.09. The fourth-order valence-corrected chi connectivity index (χ4v) is 1.55. The molecule has 0 saturated heterocycles. The average molecular weight is 238 g/mol. The van der Waals surface area contributed by atoms with Crippen LogP contribution in [-0.4, -0.2) is 33.0 Å². The Morgan fingerprint density at radius 3 is 2.00 bits per heavy atom. The molecule has 0 rings (SSSR count). The lowest BCUT2D eigenvalue weighted by atomic mass is 9.97. The van der Waals surface area contributed by atoms with Crippen LogP contribution in [0.5, 0.6) is 0 Å². The Kier molecular flexibility index (Phi) is 5.49. The number of hydrogen-bond donors (Lipinski definition) is 0.